The molecule has 1 saturated heterocycles. The van der Waals surface area contributed by atoms with Crippen molar-refractivity contribution in [3.63, 3.8) is 0 Å². The van der Waals surface area contributed by atoms with Gasteiger partial charge in [-0.3, -0.25) is 14.5 Å². The molecule has 0 saturated carbocycles. The molecular formula is C18H27N3O2. The Hall–Kier alpha value is -1.88. The minimum atomic E-state index is -0.112. The Morgan fingerprint density at radius 2 is 2.04 bits per heavy atom. The van der Waals surface area contributed by atoms with Gasteiger partial charge in [0.1, 0.15) is 0 Å². The first-order valence-corrected chi connectivity index (χ1v) is 8.43. The maximum Gasteiger partial charge on any atom is 0.240 e. The van der Waals surface area contributed by atoms with Crippen LogP contribution in [0.25, 0.3) is 0 Å². The average Bonchev–Trinajstić information content (AvgIpc) is 3.02. The van der Waals surface area contributed by atoms with Gasteiger partial charge in [0.2, 0.25) is 11.8 Å². The summed E-state index contributed by atoms with van der Waals surface area (Å²) in [6, 6.07) is 10.1. The molecule has 0 spiro atoms. The van der Waals surface area contributed by atoms with E-state index in [1.165, 1.54) is 5.56 Å². The molecule has 23 heavy (non-hydrogen) atoms. The van der Waals surface area contributed by atoms with Gasteiger partial charge in [0.05, 0.1) is 12.6 Å². The van der Waals surface area contributed by atoms with Crippen LogP contribution in [0.2, 0.25) is 0 Å². The zero-order valence-corrected chi connectivity index (χ0v) is 14.1. The number of likely N-dealkylation sites (tertiary alicyclic amines) is 1. The summed E-state index contributed by atoms with van der Waals surface area (Å²) in [6.45, 7) is 4.53. The van der Waals surface area contributed by atoms with Crippen molar-refractivity contribution in [1.82, 2.24) is 15.1 Å². The third kappa shape index (κ3) is 4.79. The molecule has 0 aliphatic carbocycles. The molecule has 1 N–H and O–H groups in total. The highest BCUT2D eigenvalue weighted by molar-refractivity contribution is 5.87. The van der Waals surface area contributed by atoms with Crippen molar-refractivity contribution in [2.24, 2.45) is 0 Å². The predicted octanol–water partition coefficient (Wildman–Crippen LogP) is 1.64. The van der Waals surface area contributed by atoms with E-state index in [4.69, 9.17) is 0 Å². The molecule has 1 aromatic carbocycles. The molecule has 2 rings (SSSR count). The van der Waals surface area contributed by atoms with Gasteiger partial charge in [-0.25, -0.2) is 0 Å². The molecule has 1 heterocycles. The van der Waals surface area contributed by atoms with Crippen LogP contribution in [0.1, 0.15) is 31.7 Å². The number of benzene rings is 1. The van der Waals surface area contributed by atoms with Crippen molar-refractivity contribution >= 4 is 11.8 Å². The van der Waals surface area contributed by atoms with Crippen molar-refractivity contribution < 1.29 is 9.59 Å². The van der Waals surface area contributed by atoms with Crippen LogP contribution < -0.4 is 5.32 Å². The molecular weight excluding hydrogens is 290 g/mol. The SMILES string of the molecule is CCCN(CC(=O)NC)C(=O)[C@@H]1CCCN1Cc1ccccc1. The Balaban J connectivity index is 2.04. The van der Waals surface area contributed by atoms with Gasteiger partial charge in [0.15, 0.2) is 0 Å². The molecule has 2 amide bonds. The highest BCUT2D eigenvalue weighted by Crippen LogP contribution is 2.22. The molecule has 1 aliphatic rings. The quantitative estimate of drug-likeness (QED) is 0.832. The highest BCUT2D eigenvalue weighted by Gasteiger charge is 2.33. The minimum absolute atomic E-state index is 0.0869. The number of carbonyl (C=O) groups excluding carboxylic acids is 2. The normalized spacial score (nSPS) is 17.9. The second-order valence-electron chi connectivity index (χ2n) is 6.05. The maximum atomic E-state index is 12.9. The molecule has 5 nitrogen and oxygen atoms in total. The number of nitrogens with zero attached hydrogens (tertiary/aromatic N) is 2. The lowest BCUT2D eigenvalue weighted by Gasteiger charge is -2.29. The van der Waals surface area contributed by atoms with Crippen LogP contribution in [-0.2, 0) is 16.1 Å². The van der Waals surface area contributed by atoms with E-state index < -0.39 is 0 Å². The van der Waals surface area contributed by atoms with E-state index in [0.29, 0.717) is 6.54 Å². The molecule has 5 heteroatoms. The molecule has 1 atom stereocenters. The number of hydrogen-bond donors (Lipinski definition) is 1. The van der Waals surface area contributed by atoms with Gasteiger partial charge >= 0.3 is 0 Å². The minimum Gasteiger partial charge on any atom is -0.358 e. The molecule has 1 fully saturated rings. The molecule has 0 bridgehead atoms. The summed E-state index contributed by atoms with van der Waals surface area (Å²) in [5.74, 6) is -0.0247. The average molecular weight is 317 g/mol. The number of carbonyl (C=O) groups is 2. The fourth-order valence-corrected chi connectivity index (χ4v) is 3.11. The number of amides is 2. The summed E-state index contributed by atoms with van der Waals surface area (Å²) < 4.78 is 0. The van der Waals surface area contributed by atoms with E-state index >= 15 is 0 Å². The van der Waals surface area contributed by atoms with Crippen LogP contribution in [0.4, 0.5) is 0 Å². The molecule has 0 radical (unpaired) electrons. The van der Waals surface area contributed by atoms with Gasteiger partial charge in [0.25, 0.3) is 0 Å². The summed E-state index contributed by atoms with van der Waals surface area (Å²) in [6.07, 6.45) is 2.76. The zero-order chi connectivity index (χ0) is 16.7. The fraction of sp³-hybridized carbons (Fsp3) is 0.556. The van der Waals surface area contributed by atoms with Crippen LogP contribution in [0, 0.1) is 0 Å². The Bertz CT molecular complexity index is 518. The van der Waals surface area contributed by atoms with Crippen molar-refractivity contribution in [3.05, 3.63) is 35.9 Å². The summed E-state index contributed by atoms with van der Waals surface area (Å²) >= 11 is 0. The van der Waals surface area contributed by atoms with E-state index in [1.54, 1.807) is 11.9 Å². The van der Waals surface area contributed by atoms with Crippen LogP contribution in [0.3, 0.4) is 0 Å². The first-order chi connectivity index (χ1) is 11.2. The summed E-state index contributed by atoms with van der Waals surface area (Å²) in [5, 5.41) is 2.60. The van der Waals surface area contributed by atoms with Crippen molar-refractivity contribution in [2.45, 2.75) is 38.8 Å². The van der Waals surface area contributed by atoms with E-state index in [1.807, 2.05) is 25.1 Å². The van der Waals surface area contributed by atoms with Crippen LogP contribution in [-0.4, -0.2) is 54.3 Å². The molecule has 1 aromatic rings. The first-order valence-electron chi connectivity index (χ1n) is 8.43. The molecule has 126 valence electrons. The van der Waals surface area contributed by atoms with E-state index in [9.17, 15) is 9.59 Å². The van der Waals surface area contributed by atoms with Gasteiger partial charge in [0, 0.05) is 20.1 Å². The lowest BCUT2D eigenvalue weighted by atomic mass is 10.1. The van der Waals surface area contributed by atoms with E-state index in [0.717, 1.165) is 32.4 Å². The second kappa shape index (κ2) is 8.67. The number of hydrogen-bond acceptors (Lipinski definition) is 3. The highest BCUT2D eigenvalue weighted by atomic mass is 16.2. The largest absolute Gasteiger partial charge is 0.358 e. The van der Waals surface area contributed by atoms with Crippen LogP contribution >= 0.6 is 0 Å². The number of nitrogens with one attached hydrogen (secondary N) is 1. The van der Waals surface area contributed by atoms with Gasteiger partial charge in [-0.15, -0.1) is 0 Å². The second-order valence-corrected chi connectivity index (χ2v) is 6.05. The standard InChI is InChI=1S/C18H27N3O2/c1-3-11-21(14-17(22)19-2)18(23)16-10-7-12-20(16)13-15-8-5-4-6-9-15/h4-6,8-9,16H,3,7,10-14H2,1-2H3,(H,19,22)/t16-/m0/s1. The summed E-state index contributed by atoms with van der Waals surface area (Å²) in [5.41, 5.74) is 1.22. The van der Waals surface area contributed by atoms with Gasteiger partial charge in [-0.1, -0.05) is 37.3 Å². The van der Waals surface area contributed by atoms with Crippen LogP contribution in [0.15, 0.2) is 30.3 Å². The number of rotatable bonds is 7. The molecule has 1 aliphatic heterocycles. The van der Waals surface area contributed by atoms with Gasteiger partial charge < -0.3 is 10.2 Å². The zero-order valence-electron chi connectivity index (χ0n) is 14.1. The maximum absolute atomic E-state index is 12.9. The monoisotopic (exact) mass is 317 g/mol. The topological polar surface area (TPSA) is 52.7 Å². The van der Waals surface area contributed by atoms with E-state index in [2.05, 4.69) is 22.3 Å². The van der Waals surface area contributed by atoms with E-state index in [-0.39, 0.29) is 24.4 Å². The molecule has 0 unspecified atom stereocenters. The third-order valence-corrected chi connectivity index (χ3v) is 4.30. The summed E-state index contributed by atoms with van der Waals surface area (Å²) in [4.78, 5) is 28.5. The summed E-state index contributed by atoms with van der Waals surface area (Å²) in [7, 11) is 1.61. The Morgan fingerprint density at radius 3 is 2.70 bits per heavy atom. The predicted molar refractivity (Wildman–Crippen MR) is 90.8 cm³/mol. The van der Waals surface area contributed by atoms with Gasteiger partial charge in [-0.2, -0.15) is 0 Å². The smallest absolute Gasteiger partial charge is 0.240 e. The number of likely N-dealkylation sites (N-methyl/N-ethyl adjacent to an activating group) is 1. The van der Waals surface area contributed by atoms with Crippen LogP contribution in [0.5, 0.6) is 0 Å². The van der Waals surface area contributed by atoms with Crippen molar-refractivity contribution in [1.29, 1.82) is 0 Å². The lowest BCUT2D eigenvalue weighted by Crippen LogP contribution is -2.48. The Labute approximate surface area is 138 Å². The Morgan fingerprint density at radius 1 is 1.30 bits per heavy atom. The lowest BCUT2D eigenvalue weighted by molar-refractivity contribution is -0.139. The third-order valence-electron chi connectivity index (χ3n) is 4.30. The van der Waals surface area contributed by atoms with Crippen molar-refractivity contribution in [2.75, 3.05) is 26.7 Å². The first kappa shape index (κ1) is 17.5. The van der Waals surface area contributed by atoms with Crippen molar-refractivity contribution in [3.8, 4) is 0 Å². The molecule has 0 aromatic heterocycles. The van der Waals surface area contributed by atoms with Gasteiger partial charge in [-0.05, 0) is 31.4 Å². The fourth-order valence-electron chi connectivity index (χ4n) is 3.11. The Kier molecular flexibility index (Phi) is 6.59.